The van der Waals surface area contributed by atoms with Gasteiger partial charge in [-0.2, -0.15) is 0 Å². The molecule has 20 heavy (non-hydrogen) atoms. The minimum Gasteiger partial charge on any atom is -0.497 e. The van der Waals surface area contributed by atoms with Gasteiger partial charge in [-0.15, -0.1) is 0 Å². The molecule has 0 heterocycles. The molecule has 108 valence electrons. The van der Waals surface area contributed by atoms with Crippen LogP contribution in [-0.2, 0) is 14.3 Å². The third kappa shape index (κ3) is 4.42. The third-order valence-electron chi connectivity index (χ3n) is 2.74. The van der Waals surface area contributed by atoms with Crippen LogP contribution in [0.25, 0.3) is 6.08 Å². The molecular weight excluding hydrogens is 260 g/mol. The summed E-state index contributed by atoms with van der Waals surface area (Å²) in [5, 5.41) is 9.12. The Bertz CT molecular complexity index is 519. The molecule has 1 rings (SSSR count). The lowest BCUT2D eigenvalue weighted by Crippen LogP contribution is -2.20. The molecule has 1 aromatic rings. The zero-order valence-corrected chi connectivity index (χ0v) is 11.8. The summed E-state index contributed by atoms with van der Waals surface area (Å²) in [5.41, 5.74) is 0.154. The molecule has 1 unspecified atom stereocenters. The number of carbonyl (C=O) groups excluding carboxylic acids is 1. The Morgan fingerprint density at radius 3 is 2.65 bits per heavy atom. The first-order valence-corrected chi connectivity index (χ1v) is 6.28. The van der Waals surface area contributed by atoms with E-state index >= 15 is 0 Å². The van der Waals surface area contributed by atoms with E-state index in [0.717, 1.165) is 0 Å². The van der Waals surface area contributed by atoms with E-state index in [2.05, 4.69) is 0 Å². The number of aliphatic carboxylic acids is 1. The van der Waals surface area contributed by atoms with Crippen LogP contribution < -0.4 is 4.74 Å². The summed E-state index contributed by atoms with van der Waals surface area (Å²) in [6.07, 6.45) is 1.57. The quantitative estimate of drug-likeness (QED) is 0.374. The van der Waals surface area contributed by atoms with Crippen LogP contribution in [-0.4, -0.2) is 30.3 Å². The van der Waals surface area contributed by atoms with Gasteiger partial charge in [0.05, 0.1) is 13.2 Å². The number of methoxy groups -OCH3 is 1. The molecule has 1 N–H and O–H groups in total. The Balaban J connectivity index is 3.03. The van der Waals surface area contributed by atoms with Crippen molar-refractivity contribution >= 4 is 18.0 Å². The maximum Gasteiger partial charge on any atom is 0.345 e. The van der Waals surface area contributed by atoms with Crippen molar-refractivity contribution in [3.05, 3.63) is 35.4 Å². The lowest BCUT2D eigenvalue weighted by atomic mass is 10.1. The minimum absolute atomic E-state index is 0.324. The summed E-state index contributed by atoms with van der Waals surface area (Å²) in [6.45, 7) is 3.56. The van der Waals surface area contributed by atoms with E-state index in [1.807, 2.05) is 6.92 Å². The van der Waals surface area contributed by atoms with Gasteiger partial charge < -0.3 is 14.6 Å². The van der Waals surface area contributed by atoms with E-state index in [1.54, 1.807) is 31.2 Å². The maximum absolute atomic E-state index is 11.8. The van der Waals surface area contributed by atoms with Crippen molar-refractivity contribution in [2.75, 3.05) is 7.11 Å². The molecule has 1 atom stereocenters. The zero-order valence-electron chi connectivity index (χ0n) is 11.8. The van der Waals surface area contributed by atoms with Crippen molar-refractivity contribution in [1.82, 2.24) is 0 Å². The van der Waals surface area contributed by atoms with Crippen LogP contribution in [0.3, 0.4) is 0 Å². The van der Waals surface area contributed by atoms with Gasteiger partial charge in [0.1, 0.15) is 11.3 Å². The van der Waals surface area contributed by atoms with Crippen molar-refractivity contribution in [1.29, 1.82) is 0 Å². The summed E-state index contributed by atoms with van der Waals surface area (Å²) in [5.74, 6) is -1.57. The third-order valence-corrected chi connectivity index (χ3v) is 2.74. The van der Waals surface area contributed by atoms with E-state index < -0.39 is 17.5 Å². The number of ether oxygens (including phenoxy) is 2. The molecule has 0 fully saturated rings. The van der Waals surface area contributed by atoms with E-state index in [-0.39, 0.29) is 6.10 Å². The van der Waals surface area contributed by atoms with Crippen molar-refractivity contribution in [3.8, 4) is 5.75 Å². The van der Waals surface area contributed by atoms with Crippen LogP contribution in [0.1, 0.15) is 25.8 Å². The molecule has 0 saturated carbocycles. The molecule has 1 aromatic carbocycles. The average Bonchev–Trinajstić information content (AvgIpc) is 2.44. The van der Waals surface area contributed by atoms with Gasteiger partial charge in [-0.05, 0) is 37.1 Å². The van der Waals surface area contributed by atoms with E-state index in [9.17, 15) is 9.59 Å². The van der Waals surface area contributed by atoms with Gasteiger partial charge in [0.25, 0.3) is 0 Å². The van der Waals surface area contributed by atoms with Gasteiger partial charge in [0.15, 0.2) is 0 Å². The predicted octanol–water partition coefficient (Wildman–Crippen LogP) is 2.50. The van der Waals surface area contributed by atoms with Crippen molar-refractivity contribution in [3.63, 3.8) is 0 Å². The minimum atomic E-state index is -1.32. The average molecular weight is 278 g/mol. The molecular formula is C15H18O5. The first kappa shape index (κ1) is 15.8. The molecule has 0 amide bonds. The summed E-state index contributed by atoms with van der Waals surface area (Å²) in [4.78, 5) is 23.0. The Morgan fingerprint density at radius 1 is 1.40 bits per heavy atom. The van der Waals surface area contributed by atoms with Crippen LogP contribution in [0.15, 0.2) is 29.8 Å². The summed E-state index contributed by atoms with van der Waals surface area (Å²) in [7, 11) is 1.51. The van der Waals surface area contributed by atoms with E-state index in [4.69, 9.17) is 14.6 Å². The largest absolute Gasteiger partial charge is 0.497 e. The fourth-order valence-corrected chi connectivity index (χ4v) is 1.44. The van der Waals surface area contributed by atoms with Crippen LogP contribution in [0, 0.1) is 0 Å². The van der Waals surface area contributed by atoms with Crippen LogP contribution in [0.5, 0.6) is 5.75 Å². The first-order valence-electron chi connectivity index (χ1n) is 6.28. The fourth-order valence-electron chi connectivity index (χ4n) is 1.44. The number of benzene rings is 1. The Morgan fingerprint density at radius 2 is 2.10 bits per heavy atom. The molecule has 0 spiro atoms. The smallest absolute Gasteiger partial charge is 0.345 e. The second-order valence-corrected chi connectivity index (χ2v) is 4.26. The number of carboxylic acid groups (broad SMARTS) is 1. The second kappa shape index (κ2) is 7.33. The van der Waals surface area contributed by atoms with Gasteiger partial charge in [-0.3, -0.25) is 0 Å². The van der Waals surface area contributed by atoms with E-state index in [1.165, 1.54) is 13.2 Å². The monoisotopic (exact) mass is 278 g/mol. The predicted molar refractivity (Wildman–Crippen MR) is 74.5 cm³/mol. The highest BCUT2D eigenvalue weighted by molar-refractivity contribution is 6.17. The molecule has 0 aliphatic rings. The number of esters is 1. The lowest BCUT2D eigenvalue weighted by molar-refractivity contribution is -0.147. The van der Waals surface area contributed by atoms with Gasteiger partial charge in [-0.1, -0.05) is 19.1 Å². The van der Waals surface area contributed by atoms with Gasteiger partial charge in [-0.25, -0.2) is 9.59 Å². The van der Waals surface area contributed by atoms with Gasteiger partial charge in [0, 0.05) is 0 Å². The van der Waals surface area contributed by atoms with Gasteiger partial charge in [0.2, 0.25) is 0 Å². The Kier molecular flexibility index (Phi) is 5.77. The molecule has 0 bridgehead atoms. The van der Waals surface area contributed by atoms with Crippen molar-refractivity contribution < 1.29 is 24.2 Å². The molecule has 0 aliphatic heterocycles. The highest BCUT2D eigenvalue weighted by atomic mass is 16.5. The molecule has 0 aromatic heterocycles. The maximum atomic E-state index is 11.8. The van der Waals surface area contributed by atoms with Crippen molar-refractivity contribution in [2.24, 2.45) is 0 Å². The second-order valence-electron chi connectivity index (χ2n) is 4.26. The highest BCUT2D eigenvalue weighted by Gasteiger charge is 2.20. The summed E-state index contributed by atoms with van der Waals surface area (Å²) < 4.78 is 10.1. The zero-order chi connectivity index (χ0) is 15.1. The van der Waals surface area contributed by atoms with Crippen LogP contribution in [0.4, 0.5) is 0 Å². The van der Waals surface area contributed by atoms with Crippen LogP contribution >= 0.6 is 0 Å². The molecule has 0 aliphatic carbocycles. The van der Waals surface area contributed by atoms with Crippen LogP contribution in [0.2, 0.25) is 0 Å². The molecule has 5 heteroatoms. The number of carboxylic acids is 1. The summed E-state index contributed by atoms with van der Waals surface area (Å²) >= 11 is 0. The number of hydrogen-bond donors (Lipinski definition) is 1. The number of carbonyl (C=O) groups is 2. The highest BCUT2D eigenvalue weighted by Crippen LogP contribution is 2.16. The topological polar surface area (TPSA) is 72.8 Å². The molecule has 0 radical (unpaired) electrons. The first-order chi connectivity index (χ1) is 9.47. The molecule has 5 nitrogen and oxygen atoms in total. The standard InChI is InChI=1S/C15H18O5/c1-4-10(2)20-15(18)13(14(16)17)9-11-6-5-7-12(8-11)19-3/h5-10H,4H2,1-3H3,(H,16,17). The normalized spacial score (nSPS) is 12.7. The number of rotatable bonds is 6. The summed E-state index contributed by atoms with van der Waals surface area (Å²) in [6, 6.07) is 6.76. The Labute approximate surface area is 117 Å². The molecule has 0 saturated heterocycles. The van der Waals surface area contributed by atoms with Crippen molar-refractivity contribution in [2.45, 2.75) is 26.4 Å². The van der Waals surface area contributed by atoms with Gasteiger partial charge >= 0.3 is 11.9 Å². The fraction of sp³-hybridized carbons (Fsp3) is 0.333. The lowest BCUT2D eigenvalue weighted by Gasteiger charge is -2.11. The Hall–Kier alpha value is -2.30. The number of hydrogen-bond acceptors (Lipinski definition) is 4. The van der Waals surface area contributed by atoms with E-state index in [0.29, 0.717) is 17.7 Å². The SMILES string of the molecule is CCC(C)OC(=O)C(=Cc1cccc(OC)c1)C(=O)O.